The summed E-state index contributed by atoms with van der Waals surface area (Å²) in [5.41, 5.74) is 5.42. The second kappa shape index (κ2) is 5.56. The van der Waals surface area contributed by atoms with Crippen molar-refractivity contribution in [2.45, 2.75) is 25.3 Å². The van der Waals surface area contributed by atoms with Crippen LogP contribution in [0.4, 0.5) is 0 Å². The average molecular weight is 232 g/mol. The predicted molar refractivity (Wildman–Crippen MR) is 64.5 cm³/mol. The Balaban J connectivity index is 2.38. The minimum Gasteiger partial charge on any atom is -0.393 e. The molecule has 0 spiro atoms. The van der Waals surface area contributed by atoms with Gasteiger partial charge in [0, 0.05) is 19.0 Å². The largest absolute Gasteiger partial charge is 0.393 e. The molecule has 1 aliphatic rings. The summed E-state index contributed by atoms with van der Waals surface area (Å²) >= 11 is 6.37. The average Bonchev–Trinajstić information content (AvgIpc) is 2.88. The molecule has 0 atom stereocenters. The van der Waals surface area contributed by atoms with Crippen molar-refractivity contribution in [3.8, 4) is 0 Å². The molecule has 0 aliphatic heterocycles. The van der Waals surface area contributed by atoms with Crippen LogP contribution in [0.5, 0.6) is 0 Å². The van der Waals surface area contributed by atoms with Crippen molar-refractivity contribution in [3.63, 3.8) is 0 Å². The van der Waals surface area contributed by atoms with E-state index in [1.165, 1.54) is 0 Å². The Morgan fingerprint density at radius 3 is 2.71 bits per heavy atom. The number of carbonyl (C=O) groups is 1. The molecule has 0 radical (unpaired) electrons. The standard InChI is InChI=1S/C9H16N2OS2/c1-14-6-9(12)11(7-2-3-7)5-4-8(10)13/h7H,2-6H2,1H3,(H2,10,13). The molecule has 0 aromatic heterocycles. The normalized spacial score (nSPS) is 15.2. The Bertz CT molecular complexity index is 229. The molecule has 0 bridgehead atoms. The van der Waals surface area contributed by atoms with Crippen LogP contribution in [-0.2, 0) is 4.79 Å². The highest BCUT2D eigenvalue weighted by atomic mass is 32.2. The fourth-order valence-corrected chi connectivity index (χ4v) is 1.84. The van der Waals surface area contributed by atoms with Crippen LogP contribution in [0.2, 0.25) is 0 Å². The van der Waals surface area contributed by atoms with Crippen LogP contribution in [0.15, 0.2) is 0 Å². The monoisotopic (exact) mass is 232 g/mol. The zero-order valence-electron chi connectivity index (χ0n) is 8.36. The number of hydrogen-bond donors (Lipinski definition) is 1. The molecule has 0 aromatic carbocycles. The van der Waals surface area contributed by atoms with E-state index in [0.717, 1.165) is 12.8 Å². The fraction of sp³-hybridized carbons (Fsp3) is 0.778. The first-order valence-corrected chi connectivity index (χ1v) is 6.52. The number of hydrogen-bond acceptors (Lipinski definition) is 3. The summed E-state index contributed by atoms with van der Waals surface area (Å²) in [6.45, 7) is 0.694. The first-order valence-electron chi connectivity index (χ1n) is 4.72. The first-order chi connectivity index (χ1) is 6.65. The Morgan fingerprint density at radius 1 is 1.64 bits per heavy atom. The van der Waals surface area contributed by atoms with Gasteiger partial charge in [0.2, 0.25) is 5.91 Å². The molecule has 1 aliphatic carbocycles. The van der Waals surface area contributed by atoms with Crippen LogP contribution >= 0.6 is 24.0 Å². The lowest BCUT2D eigenvalue weighted by Gasteiger charge is -2.21. The van der Waals surface area contributed by atoms with E-state index >= 15 is 0 Å². The lowest BCUT2D eigenvalue weighted by atomic mass is 10.3. The molecule has 3 nitrogen and oxygen atoms in total. The molecule has 1 amide bonds. The summed E-state index contributed by atoms with van der Waals surface area (Å²) in [5.74, 6) is 0.782. The third kappa shape index (κ3) is 3.84. The highest BCUT2D eigenvalue weighted by Gasteiger charge is 2.31. The Morgan fingerprint density at radius 2 is 2.29 bits per heavy atom. The summed E-state index contributed by atoms with van der Waals surface area (Å²) in [4.78, 5) is 14.1. The smallest absolute Gasteiger partial charge is 0.232 e. The van der Waals surface area contributed by atoms with Crippen molar-refractivity contribution < 1.29 is 4.79 Å². The number of thiocarbonyl (C=S) groups is 1. The minimum atomic E-state index is 0.219. The molecule has 2 N–H and O–H groups in total. The molecule has 0 heterocycles. The highest BCUT2D eigenvalue weighted by Crippen LogP contribution is 2.27. The lowest BCUT2D eigenvalue weighted by Crippen LogP contribution is -2.36. The molecule has 5 heteroatoms. The van der Waals surface area contributed by atoms with Crippen LogP contribution < -0.4 is 5.73 Å². The minimum absolute atomic E-state index is 0.219. The predicted octanol–water partition coefficient (Wildman–Crippen LogP) is 1.02. The topological polar surface area (TPSA) is 46.3 Å². The summed E-state index contributed by atoms with van der Waals surface area (Å²) < 4.78 is 0. The van der Waals surface area contributed by atoms with Gasteiger partial charge in [-0.1, -0.05) is 12.2 Å². The third-order valence-corrected chi connectivity index (χ3v) is 2.91. The van der Waals surface area contributed by atoms with Crippen LogP contribution in [0.25, 0.3) is 0 Å². The van der Waals surface area contributed by atoms with Gasteiger partial charge in [-0.05, 0) is 19.1 Å². The quantitative estimate of drug-likeness (QED) is 0.695. The van der Waals surface area contributed by atoms with E-state index in [1.54, 1.807) is 11.8 Å². The van der Waals surface area contributed by atoms with Gasteiger partial charge >= 0.3 is 0 Å². The number of nitrogens with two attached hydrogens (primary N) is 1. The van der Waals surface area contributed by atoms with Gasteiger partial charge in [-0.3, -0.25) is 4.79 Å². The number of amides is 1. The van der Waals surface area contributed by atoms with E-state index < -0.39 is 0 Å². The van der Waals surface area contributed by atoms with Crippen molar-refractivity contribution in [1.82, 2.24) is 4.90 Å². The summed E-state index contributed by atoms with van der Waals surface area (Å²) in [7, 11) is 0. The van der Waals surface area contributed by atoms with E-state index in [9.17, 15) is 4.79 Å². The fourth-order valence-electron chi connectivity index (χ4n) is 1.33. The molecule has 0 saturated heterocycles. The van der Waals surface area contributed by atoms with Gasteiger partial charge in [0.15, 0.2) is 0 Å². The van der Waals surface area contributed by atoms with Crippen molar-refractivity contribution in [1.29, 1.82) is 0 Å². The van der Waals surface area contributed by atoms with Crippen molar-refractivity contribution in [2.75, 3.05) is 18.6 Å². The summed E-state index contributed by atoms with van der Waals surface area (Å²) in [5, 5.41) is 0. The van der Waals surface area contributed by atoms with E-state index in [2.05, 4.69) is 0 Å². The van der Waals surface area contributed by atoms with Crippen LogP contribution in [0.3, 0.4) is 0 Å². The molecule has 14 heavy (non-hydrogen) atoms. The molecule has 80 valence electrons. The van der Waals surface area contributed by atoms with Gasteiger partial charge in [-0.2, -0.15) is 11.8 Å². The van der Waals surface area contributed by atoms with E-state index in [1.807, 2.05) is 11.2 Å². The van der Waals surface area contributed by atoms with Gasteiger partial charge in [-0.15, -0.1) is 0 Å². The third-order valence-electron chi connectivity index (χ3n) is 2.17. The number of rotatable bonds is 6. The zero-order chi connectivity index (χ0) is 10.6. The van der Waals surface area contributed by atoms with Gasteiger partial charge < -0.3 is 10.6 Å². The number of nitrogens with zero attached hydrogens (tertiary/aromatic N) is 1. The molecule has 0 aromatic rings. The first kappa shape index (κ1) is 11.8. The van der Waals surface area contributed by atoms with Gasteiger partial charge in [0.05, 0.1) is 10.7 Å². The van der Waals surface area contributed by atoms with E-state index in [-0.39, 0.29) is 5.91 Å². The van der Waals surface area contributed by atoms with Crippen LogP contribution in [-0.4, -0.2) is 40.4 Å². The van der Waals surface area contributed by atoms with Crippen LogP contribution in [0.1, 0.15) is 19.3 Å². The van der Waals surface area contributed by atoms with Gasteiger partial charge in [-0.25, -0.2) is 0 Å². The number of carbonyl (C=O) groups excluding carboxylic acids is 1. The maximum absolute atomic E-state index is 11.7. The second-order valence-corrected chi connectivity index (χ2v) is 4.86. The summed E-state index contributed by atoms with van der Waals surface area (Å²) in [6.07, 6.45) is 4.86. The van der Waals surface area contributed by atoms with Crippen molar-refractivity contribution in [2.24, 2.45) is 5.73 Å². The van der Waals surface area contributed by atoms with E-state index in [0.29, 0.717) is 29.7 Å². The SMILES string of the molecule is CSCC(=O)N(CCC(N)=S)C1CC1. The highest BCUT2D eigenvalue weighted by molar-refractivity contribution is 7.99. The maximum Gasteiger partial charge on any atom is 0.232 e. The Kier molecular flexibility index (Phi) is 4.68. The molecule has 1 fully saturated rings. The second-order valence-electron chi connectivity index (χ2n) is 3.47. The molecule has 1 saturated carbocycles. The summed E-state index contributed by atoms with van der Waals surface area (Å²) in [6, 6.07) is 0.462. The molecule has 1 rings (SSSR count). The lowest BCUT2D eigenvalue weighted by molar-refractivity contribution is -0.128. The van der Waals surface area contributed by atoms with Crippen molar-refractivity contribution in [3.05, 3.63) is 0 Å². The zero-order valence-corrected chi connectivity index (χ0v) is 10.00. The maximum atomic E-state index is 11.7. The Hall–Kier alpha value is -0.290. The van der Waals surface area contributed by atoms with Gasteiger partial charge in [0.25, 0.3) is 0 Å². The van der Waals surface area contributed by atoms with Crippen LogP contribution in [0, 0.1) is 0 Å². The molecular formula is C9H16N2OS2. The molecular weight excluding hydrogens is 216 g/mol. The number of thioether (sulfide) groups is 1. The van der Waals surface area contributed by atoms with Crippen molar-refractivity contribution >= 4 is 34.9 Å². The molecule has 0 unspecified atom stereocenters. The van der Waals surface area contributed by atoms with Gasteiger partial charge in [0.1, 0.15) is 0 Å². The Labute approximate surface area is 94.4 Å². The van der Waals surface area contributed by atoms with E-state index in [4.69, 9.17) is 18.0 Å².